The molecular weight excluding hydrogens is 364 g/mol. The fourth-order valence-electron chi connectivity index (χ4n) is 3.30. The van der Waals surface area contributed by atoms with Gasteiger partial charge in [0.1, 0.15) is 10.6 Å². The number of carbonyl (C=O) groups is 1. The molecule has 1 N–H and O–H groups in total. The van der Waals surface area contributed by atoms with Crippen molar-refractivity contribution in [2.24, 2.45) is 0 Å². The minimum absolute atomic E-state index is 0.103. The Kier molecular flexibility index (Phi) is 6.92. The van der Waals surface area contributed by atoms with Crippen LogP contribution >= 0.6 is 0 Å². The van der Waals surface area contributed by atoms with Gasteiger partial charge in [0.25, 0.3) is 0 Å². The molecule has 0 spiro atoms. The zero-order valence-corrected chi connectivity index (χ0v) is 17.9. The first-order valence-corrected chi connectivity index (χ1v) is 11.1. The monoisotopic (exact) mass is 396 g/mol. The molecule has 6 nitrogen and oxygen atoms in total. The van der Waals surface area contributed by atoms with Crippen molar-refractivity contribution >= 4 is 15.9 Å². The van der Waals surface area contributed by atoms with Crippen molar-refractivity contribution in [3.63, 3.8) is 0 Å². The maximum atomic E-state index is 13.1. The highest BCUT2D eigenvalue weighted by Gasteiger charge is 2.29. The Morgan fingerprint density at radius 3 is 2.56 bits per heavy atom. The number of nitrogens with one attached hydrogen (secondary N) is 1. The molecule has 1 unspecified atom stereocenters. The Morgan fingerprint density at radius 1 is 1.26 bits per heavy atom. The summed E-state index contributed by atoms with van der Waals surface area (Å²) in [6.07, 6.45) is 2.40. The maximum absolute atomic E-state index is 13.1. The molecule has 1 aliphatic heterocycles. The Morgan fingerprint density at radius 2 is 1.96 bits per heavy atom. The normalized spacial score (nSPS) is 19.1. The number of benzene rings is 1. The van der Waals surface area contributed by atoms with Crippen LogP contribution in [0.5, 0.6) is 5.75 Å². The predicted octanol–water partition coefficient (Wildman–Crippen LogP) is 3.06. The lowest BCUT2D eigenvalue weighted by Gasteiger charge is -2.22. The molecule has 1 fully saturated rings. The topological polar surface area (TPSA) is 75.7 Å². The highest BCUT2D eigenvalue weighted by Crippen LogP contribution is 2.31. The molecular formula is C20H32N2O4S. The molecule has 7 heteroatoms. The van der Waals surface area contributed by atoms with E-state index in [4.69, 9.17) is 4.74 Å². The first-order valence-electron chi connectivity index (χ1n) is 9.57. The second-order valence-corrected chi connectivity index (χ2v) is 9.82. The molecule has 0 bridgehead atoms. The number of sulfonamides is 1. The molecule has 0 radical (unpaired) electrons. The van der Waals surface area contributed by atoms with Gasteiger partial charge in [-0.3, -0.25) is 4.79 Å². The van der Waals surface area contributed by atoms with Crippen LogP contribution in [0.3, 0.4) is 0 Å². The van der Waals surface area contributed by atoms with Crippen LogP contribution in [-0.2, 0) is 20.2 Å². The van der Waals surface area contributed by atoms with E-state index < -0.39 is 10.0 Å². The maximum Gasteiger partial charge on any atom is 0.244 e. The van der Waals surface area contributed by atoms with Crippen molar-refractivity contribution in [1.29, 1.82) is 0 Å². The fraction of sp³-hybridized carbons (Fsp3) is 0.650. The van der Waals surface area contributed by atoms with E-state index in [1.54, 1.807) is 12.1 Å². The molecule has 2 rings (SSSR count). The summed E-state index contributed by atoms with van der Waals surface area (Å²) in [7, 11) is -2.28. The summed E-state index contributed by atoms with van der Waals surface area (Å²) >= 11 is 0. The highest BCUT2D eigenvalue weighted by molar-refractivity contribution is 7.89. The van der Waals surface area contributed by atoms with Gasteiger partial charge < -0.3 is 9.64 Å². The number of hydrogen-bond donors (Lipinski definition) is 1. The van der Waals surface area contributed by atoms with Crippen LogP contribution in [0.25, 0.3) is 0 Å². The number of rotatable bonds is 6. The van der Waals surface area contributed by atoms with Gasteiger partial charge in [0, 0.05) is 25.6 Å². The molecule has 0 aromatic heterocycles. The molecule has 1 heterocycles. The molecule has 1 aromatic rings. The molecule has 0 saturated carbocycles. The van der Waals surface area contributed by atoms with Crippen molar-refractivity contribution in [1.82, 2.24) is 9.62 Å². The van der Waals surface area contributed by atoms with Gasteiger partial charge in [-0.05, 0) is 42.4 Å². The van der Waals surface area contributed by atoms with Crippen molar-refractivity contribution in [2.75, 3.05) is 20.2 Å². The summed E-state index contributed by atoms with van der Waals surface area (Å²) in [5.74, 6) is 0.429. The standard InChI is InChI=1S/C20H32N2O4S/c1-6-12-22-13-11-16(8-10-19(22)23)21-27(24,25)18-14-15(20(2,3)4)7-9-17(18)26-5/h7,9,14,16,21H,6,8,10-13H2,1-5H3. The Labute approximate surface area is 163 Å². The van der Waals surface area contributed by atoms with Gasteiger partial charge in [0.05, 0.1) is 7.11 Å². The summed E-state index contributed by atoms with van der Waals surface area (Å²) in [5, 5.41) is 0. The number of nitrogens with zero attached hydrogens (tertiary/aromatic N) is 1. The van der Waals surface area contributed by atoms with Crippen LogP contribution in [0.15, 0.2) is 23.1 Å². The predicted molar refractivity (Wildman–Crippen MR) is 107 cm³/mol. The Bertz CT molecular complexity index is 769. The van der Waals surface area contributed by atoms with Crippen LogP contribution in [0.1, 0.15) is 58.9 Å². The number of methoxy groups -OCH3 is 1. The van der Waals surface area contributed by atoms with Crippen molar-refractivity contribution in [3.8, 4) is 5.75 Å². The van der Waals surface area contributed by atoms with Gasteiger partial charge in [-0.2, -0.15) is 0 Å². The third kappa shape index (κ3) is 5.45. The van der Waals surface area contributed by atoms with E-state index in [-0.39, 0.29) is 22.3 Å². The smallest absolute Gasteiger partial charge is 0.244 e. The quantitative estimate of drug-likeness (QED) is 0.802. The first-order chi connectivity index (χ1) is 12.6. The second-order valence-electron chi connectivity index (χ2n) is 8.14. The molecule has 1 aliphatic rings. The summed E-state index contributed by atoms with van der Waals surface area (Å²) in [5.41, 5.74) is 0.750. The highest BCUT2D eigenvalue weighted by atomic mass is 32.2. The summed E-state index contributed by atoms with van der Waals surface area (Å²) in [6.45, 7) is 9.46. The van der Waals surface area contributed by atoms with Crippen molar-refractivity contribution in [2.45, 2.75) is 69.7 Å². The third-order valence-corrected chi connectivity index (χ3v) is 6.48. The molecule has 1 amide bonds. The van der Waals surface area contributed by atoms with E-state index in [0.29, 0.717) is 31.6 Å². The molecule has 1 saturated heterocycles. The second kappa shape index (κ2) is 8.61. The molecule has 1 atom stereocenters. The van der Waals surface area contributed by atoms with Crippen LogP contribution in [0.4, 0.5) is 0 Å². The van der Waals surface area contributed by atoms with Crippen LogP contribution < -0.4 is 9.46 Å². The summed E-state index contributed by atoms with van der Waals surface area (Å²) in [6, 6.07) is 5.02. The number of hydrogen-bond acceptors (Lipinski definition) is 4. The van der Waals surface area contributed by atoms with E-state index in [1.807, 2.05) is 38.7 Å². The van der Waals surface area contributed by atoms with E-state index in [0.717, 1.165) is 18.5 Å². The van der Waals surface area contributed by atoms with Crippen molar-refractivity contribution < 1.29 is 17.9 Å². The van der Waals surface area contributed by atoms with Crippen LogP contribution in [0, 0.1) is 0 Å². The molecule has 27 heavy (non-hydrogen) atoms. The SMILES string of the molecule is CCCN1CCC(NS(=O)(=O)c2cc(C(C)(C)C)ccc2OC)CCC1=O. The van der Waals surface area contributed by atoms with E-state index in [1.165, 1.54) is 7.11 Å². The molecule has 0 aliphatic carbocycles. The van der Waals surface area contributed by atoms with Crippen molar-refractivity contribution in [3.05, 3.63) is 23.8 Å². The lowest BCUT2D eigenvalue weighted by molar-refractivity contribution is -0.130. The largest absolute Gasteiger partial charge is 0.495 e. The van der Waals surface area contributed by atoms with E-state index in [2.05, 4.69) is 4.72 Å². The zero-order valence-electron chi connectivity index (χ0n) is 17.0. The fourth-order valence-corrected chi connectivity index (χ4v) is 4.80. The average Bonchev–Trinajstić information content (AvgIpc) is 2.76. The summed E-state index contributed by atoms with van der Waals surface area (Å²) < 4.78 is 34.2. The third-order valence-electron chi connectivity index (χ3n) is 4.94. The number of carbonyl (C=O) groups excluding carboxylic acids is 1. The van der Waals surface area contributed by atoms with Gasteiger partial charge in [-0.15, -0.1) is 0 Å². The first kappa shape index (κ1) is 21.7. The van der Waals surface area contributed by atoms with Gasteiger partial charge in [-0.25, -0.2) is 13.1 Å². The average molecular weight is 397 g/mol. The summed E-state index contributed by atoms with van der Waals surface area (Å²) in [4.78, 5) is 14.1. The number of ether oxygens (including phenoxy) is 1. The van der Waals surface area contributed by atoms with Gasteiger partial charge in [-0.1, -0.05) is 33.8 Å². The van der Waals surface area contributed by atoms with Crippen LogP contribution in [0.2, 0.25) is 0 Å². The molecule has 152 valence electrons. The van der Waals surface area contributed by atoms with Gasteiger partial charge in [0.15, 0.2) is 0 Å². The lowest BCUT2D eigenvalue weighted by atomic mass is 9.87. The molecule has 1 aromatic carbocycles. The number of likely N-dealkylation sites (tertiary alicyclic amines) is 1. The Balaban J connectivity index is 2.25. The van der Waals surface area contributed by atoms with E-state index >= 15 is 0 Å². The minimum atomic E-state index is -3.75. The number of amides is 1. The van der Waals surface area contributed by atoms with Gasteiger partial charge >= 0.3 is 0 Å². The zero-order chi connectivity index (χ0) is 20.2. The van der Waals surface area contributed by atoms with Gasteiger partial charge in [0.2, 0.25) is 15.9 Å². The Hall–Kier alpha value is -1.60. The minimum Gasteiger partial charge on any atom is -0.495 e. The van der Waals surface area contributed by atoms with Crippen LogP contribution in [-0.4, -0.2) is 45.5 Å². The lowest BCUT2D eigenvalue weighted by Crippen LogP contribution is -2.36. The van der Waals surface area contributed by atoms with E-state index in [9.17, 15) is 13.2 Å².